The molecule has 0 radical (unpaired) electrons. The van der Waals surface area contributed by atoms with Crippen molar-refractivity contribution < 1.29 is 13.4 Å². The molecule has 11 nitrogen and oxygen atoms in total. The SMILES string of the molecule is NO[S-](=O)=NCCc1cnc([N+](=O)[O-])n1CCN1CCNCC1. The van der Waals surface area contributed by atoms with E-state index in [1.807, 2.05) is 0 Å². The van der Waals surface area contributed by atoms with Gasteiger partial charge in [-0.05, 0) is 15.8 Å². The van der Waals surface area contributed by atoms with Crippen LogP contribution in [0.1, 0.15) is 5.69 Å². The number of nitrogens with one attached hydrogen (secondary N) is 1. The second-order valence-electron chi connectivity index (χ2n) is 4.97. The molecule has 3 N–H and O–H groups in total. The molecule has 0 amide bonds. The van der Waals surface area contributed by atoms with Gasteiger partial charge < -0.3 is 28.3 Å². The van der Waals surface area contributed by atoms with Gasteiger partial charge >= 0.3 is 5.95 Å². The molecule has 0 bridgehead atoms. The van der Waals surface area contributed by atoms with E-state index in [2.05, 4.69) is 23.8 Å². The Balaban J connectivity index is 2.03. The molecular formula is C11H20N7O4S-. The topological polar surface area (TPSA) is 141 Å². The average Bonchev–Trinajstić information content (AvgIpc) is 2.97. The molecule has 23 heavy (non-hydrogen) atoms. The molecule has 1 aliphatic heterocycles. The molecule has 1 aliphatic rings. The highest BCUT2D eigenvalue weighted by molar-refractivity contribution is 7.69. The van der Waals surface area contributed by atoms with E-state index in [4.69, 9.17) is 5.90 Å². The maximum atomic E-state index is 11.1. The van der Waals surface area contributed by atoms with Gasteiger partial charge in [0.15, 0.2) is 0 Å². The maximum Gasteiger partial charge on any atom is 0.434 e. The summed E-state index contributed by atoms with van der Waals surface area (Å²) in [5.74, 6) is 4.56. The van der Waals surface area contributed by atoms with Gasteiger partial charge in [-0.3, -0.25) is 4.90 Å². The van der Waals surface area contributed by atoms with E-state index in [1.54, 1.807) is 4.57 Å². The van der Waals surface area contributed by atoms with Crippen LogP contribution in [0.5, 0.6) is 0 Å². The summed E-state index contributed by atoms with van der Waals surface area (Å²) in [6.07, 6.45) is 1.83. The van der Waals surface area contributed by atoms with E-state index in [-0.39, 0.29) is 12.5 Å². The molecular weight excluding hydrogens is 326 g/mol. The van der Waals surface area contributed by atoms with E-state index in [1.165, 1.54) is 6.20 Å². The molecule has 0 aliphatic carbocycles. The van der Waals surface area contributed by atoms with Gasteiger partial charge in [0.25, 0.3) is 0 Å². The Bertz CT molecular complexity index is 608. The Hall–Kier alpha value is -1.60. The fourth-order valence-corrected chi connectivity index (χ4v) is 2.73. The van der Waals surface area contributed by atoms with Crippen LogP contribution >= 0.6 is 0 Å². The maximum absolute atomic E-state index is 11.1. The Labute approximate surface area is 135 Å². The zero-order valence-corrected chi connectivity index (χ0v) is 13.4. The monoisotopic (exact) mass is 346 g/mol. The van der Waals surface area contributed by atoms with Gasteiger partial charge in [-0.15, -0.1) is 0 Å². The van der Waals surface area contributed by atoms with Crippen LogP contribution in [-0.4, -0.2) is 58.6 Å². The number of piperazine rings is 1. The molecule has 2 rings (SSSR count). The molecule has 0 saturated carbocycles. The molecule has 0 aromatic carbocycles. The second kappa shape index (κ2) is 8.88. The minimum atomic E-state index is -1.89. The van der Waals surface area contributed by atoms with E-state index < -0.39 is 15.8 Å². The normalized spacial score (nSPS) is 17.4. The first kappa shape index (κ1) is 17.7. The third-order valence-electron chi connectivity index (χ3n) is 3.58. The zero-order chi connectivity index (χ0) is 16.7. The van der Waals surface area contributed by atoms with Crippen LogP contribution in [0.25, 0.3) is 0 Å². The van der Waals surface area contributed by atoms with Crippen molar-refractivity contribution in [3.05, 3.63) is 22.0 Å². The highest BCUT2D eigenvalue weighted by Crippen LogP contribution is 2.14. The van der Waals surface area contributed by atoms with Crippen molar-refractivity contribution in [2.75, 3.05) is 39.3 Å². The van der Waals surface area contributed by atoms with Crippen LogP contribution in [0.15, 0.2) is 10.6 Å². The van der Waals surface area contributed by atoms with Crippen molar-refractivity contribution in [2.24, 2.45) is 10.3 Å². The first-order valence-electron chi connectivity index (χ1n) is 7.20. The van der Waals surface area contributed by atoms with Crippen LogP contribution in [0, 0.1) is 10.1 Å². The highest BCUT2D eigenvalue weighted by Gasteiger charge is 2.21. The Morgan fingerprint density at radius 3 is 2.87 bits per heavy atom. The van der Waals surface area contributed by atoms with Gasteiger partial charge in [-0.25, -0.2) is 10.5 Å². The van der Waals surface area contributed by atoms with Gasteiger partial charge in [0.05, 0.1) is 6.54 Å². The van der Waals surface area contributed by atoms with Crippen molar-refractivity contribution in [3.8, 4) is 0 Å². The van der Waals surface area contributed by atoms with E-state index in [0.717, 1.165) is 26.2 Å². The molecule has 1 saturated heterocycles. The van der Waals surface area contributed by atoms with Crippen LogP contribution in [0.3, 0.4) is 0 Å². The van der Waals surface area contributed by atoms with Crippen molar-refractivity contribution in [1.29, 1.82) is 0 Å². The van der Waals surface area contributed by atoms with Crippen LogP contribution < -0.4 is 11.2 Å². The number of nitrogens with two attached hydrogens (primary N) is 1. The summed E-state index contributed by atoms with van der Waals surface area (Å²) < 4.78 is 20.3. The summed E-state index contributed by atoms with van der Waals surface area (Å²) in [7, 11) is -1.89. The predicted octanol–water partition coefficient (Wildman–Crippen LogP) is -0.808. The standard InChI is InChI=1S/C11H20N7O4S/c12-22-23(21)15-2-1-10-9-14-11(18(19)20)17(10)8-7-16-5-3-13-4-6-16/h9,13H,1-8,12H2/q-1. The third kappa shape index (κ3) is 5.21. The van der Waals surface area contributed by atoms with Crippen LogP contribution in [-0.2, 0) is 32.3 Å². The minimum Gasteiger partial charge on any atom is -0.416 e. The largest absolute Gasteiger partial charge is 0.434 e. The molecule has 0 atom stereocenters. The quantitative estimate of drug-likeness (QED) is 0.354. The predicted molar refractivity (Wildman–Crippen MR) is 82.5 cm³/mol. The summed E-state index contributed by atoms with van der Waals surface area (Å²) in [5, 5.41) is 14.4. The summed E-state index contributed by atoms with van der Waals surface area (Å²) in [6, 6.07) is 0. The summed E-state index contributed by atoms with van der Waals surface area (Å²) in [6.45, 7) is 5.04. The lowest BCUT2D eigenvalue weighted by Gasteiger charge is -2.26. The number of nitro groups is 1. The van der Waals surface area contributed by atoms with E-state index in [0.29, 0.717) is 25.2 Å². The zero-order valence-electron chi connectivity index (χ0n) is 12.6. The van der Waals surface area contributed by atoms with Crippen molar-refractivity contribution in [2.45, 2.75) is 13.0 Å². The number of hydrogen-bond donors (Lipinski definition) is 2. The first-order chi connectivity index (χ1) is 11.1. The Kier molecular flexibility index (Phi) is 6.85. The molecule has 0 unspecified atom stereocenters. The van der Waals surface area contributed by atoms with Crippen molar-refractivity contribution in [3.63, 3.8) is 0 Å². The summed E-state index contributed by atoms with van der Waals surface area (Å²) >= 11 is 0. The number of aromatic nitrogens is 2. The van der Waals surface area contributed by atoms with Crippen LogP contribution in [0.4, 0.5) is 5.95 Å². The van der Waals surface area contributed by atoms with Gasteiger partial charge in [-0.2, -0.15) is 0 Å². The van der Waals surface area contributed by atoms with Crippen molar-refractivity contribution in [1.82, 2.24) is 19.8 Å². The van der Waals surface area contributed by atoms with E-state index >= 15 is 0 Å². The smallest absolute Gasteiger partial charge is 0.416 e. The molecule has 1 aromatic rings. The lowest BCUT2D eigenvalue weighted by Crippen LogP contribution is -2.44. The first-order valence-corrected chi connectivity index (χ1v) is 8.23. The van der Waals surface area contributed by atoms with Gasteiger partial charge in [0, 0.05) is 45.7 Å². The van der Waals surface area contributed by atoms with Crippen molar-refractivity contribution >= 4 is 16.8 Å². The lowest BCUT2D eigenvalue weighted by molar-refractivity contribution is -0.396. The molecule has 1 aromatic heterocycles. The van der Waals surface area contributed by atoms with E-state index in [9.17, 15) is 14.3 Å². The summed E-state index contributed by atoms with van der Waals surface area (Å²) in [4.78, 5) is 16.7. The van der Waals surface area contributed by atoms with Gasteiger partial charge in [-0.1, -0.05) is 4.98 Å². The minimum absolute atomic E-state index is 0.181. The Morgan fingerprint density at radius 2 is 2.22 bits per heavy atom. The lowest BCUT2D eigenvalue weighted by atomic mass is 10.3. The fourth-order valence-electron chi connectivity index (χ4n) is 2.43. The van der Waals surface area contributed by atoms with Gasteiger partial charge in [0.1, 0.15) is 11.9 Å². The second-order valence-corrected chi connectivity index (χ2v) is 5.85. The number of hydrogen-bond acceptors (Lipinski definition) is 10. The summed E-state index contributed by atoms with van der Waals surface area (Å²) in [5.41, 5.74) is 0.671. The number of nitrogens with zero attached hydrogens (tertiary/aromatic N) is 5. The fraction of sp³-hybridized carbons (Fsp3) is 0.727. The Morgan fingerprint density at radius 1 is 1.48 bits per heavy atom. The van der Waals surface area contributed by atoms with Gasteiger partial charge in [0.2, 0.25) is 0 Å². The number of rotatable bonds is 8. The third-order valence-corrected chi connectivity index (χ3v) is 4.13. The highest BCUT2D eigenvalue weighted by atomic mass is 32.2. The molecule has 1 fully saturated rings. The van der Waals surface area contributed by atoms with Crippen LogP contribution in [0.2, 0.25) is 0 Å². The molecule has 0 spiro atoms. The number of imidazole rings is 1. The molecule has 12 heteroatoms. The molecule has 130 valence electrons. The molecule has 2 heterocycles. The average molecular weight is 346 g/mol.